The highest BCUT2D eigenvalue weighted by molar-refractivity contribution is 6.09. The maximum absolute atomic E-state index is 12.4. The summed E-state index contributed by atoms with van der Waals surface area (Å²) in [6.07, 6.45) is 1.64. The van der Waals surface area contributed by atoms with E-state index in [1.54, 1.807) is 35.1 Å². The van der Waals surface area contributed by atoms with Crippen molar-refractivity contribution in [2.75, 3.05) is 18.2 Å². The fourth-order valence-electron chi connectivity index (χ4n) is 1.96. The quantitative estimate of drug-likeness (QED) is 0.838. The normalized spacial score (nSPS) is 10.6. The Kier molecular flexibility index (Phi) is 3.93. The van der Waals surface area contributed by atoms with Crippen molar-refractivity contribution < 1.29 is 9.53 Å². The van der Waals surface area contributed by atoms with Crippen LogP contribution < -0.4 is 15.8 Å². The first-order chi connectivity index (χ1) is 9.54. The number of ether oxygens (including phenoxy) is 1. The van der Waals surface area contributed by atoms with Crippen LogP contribution in [0, 0.1) is 0 Å². The maximum Gasteiger partial charge on any atom is 0.262 e. The zero-order chi connectivity index (χ0) is 14.7. The molecule has 1 heterocycles. The molecule has 2 rings (SSSR count). The molecule has 0 unspecified atom stereocenters. The zero-order valence-electron chi connectivity index (χ0n) is 11.8. The number of nitrogens with one attached hydrogen (secondary N) is 1. The molecule has 0 aliphatic carbocycles. The largest absolute Gasteiger partial charge is 0.496 e. The summed E-state index contributed by atoms with van der Waals surface area (Å²) < 4.78 is 6.91. The topological polar surface area (TPSA) is 82.2 Å². The summed E-state index contributed by atoms with van der Waals surface area (Å²) in [7, 11) is 1.50. The van der Waals surface area contributed by atoms with Gasteiger partial charge >= 0.3 is 0 Å². The highest BCUT2D eigenvalue weighted by Crippen LogP contribution is 2.25. The van der Waals surface area contributed by atoms with Crippen LogP contribution >= 0.6 is 0 Å². The van der Waals surface area contributed by atoms with Crippen molar-refractivity contribution in [2.24, 2.45) is 0 Å². The molecule has 1 aromatic heterocycles. The number of benzene rings is 1. The van der Waals surface area contributed by atoms with Crippen LogP contribution in [0.3, 0.4) is 0 Å². The van der Waals surface area contributed by atoms with Gasteiger partial charge in [0.25, 0.3) is 5.91 Å². The number of nitrogens with two attached hydrogens (primary N) is 1. The van der Waals surface area contributed by atoms with Gasteiger partial charge in [0.15, 0.2) is 0 Å². The standard InChI is InChI=1S/C14H18N4O2/c1-9(2)18-12(7-8-16-18)17-14(19)13-10(15)5-4-6-11(13)20-3/h4-9H,15H2,1-3H3,(H,17,19). The number of aromatic nitrogens is 2. The van der Waals surface area contributed by atoms with Crippen molar-refractivity contribution in [3.05, 3.63) is 36.0 Å². The predicted molar refractivity (Wildman–Crippen MR) is 78.0 cm³/mol. The number of hydrogen-bond acceptors (Lipinski definition) is 4. The Labute approximate surface area is 117 Å². The van der Waals surface area contributed by atoms with E-state index in [0.717, 1.165) is 0 Å². The first-order valence-corrected chi connectivity index (χ1v) is 6.32. The number of carbonyl (C=O) groups excluding carboxylic acids is 1. The second-order valence-electron chi connectivity index (χ2n) is 4.63. The summed E-state index contributed by atoms with van der Waals surface area (Å²) in [5, 5.41) is 6.97. The van der Waals surface area contributed by atoms with Crippen molar-refractivity contribution in [1.82, 2.24) is 9.78 Å². The SMILES string of the molecule is COc1cccc(N)c1C(=O)Nc1ccnn1C(C)C. The number of carbonyl (C=O) groups is 1. The molecule has 0 bridgehead atoms. The van der Waals surface area contributed by atoms with E-state index in [-0.39, 0.29) is 11.9 Å². The van der Waals surface area contributed by atoms with Gasteiger partial charge in [-0.3, -0.25) is 4.79 Å². The van der Waals surface area contributed by atoms with E-state index >= 15 is 0 Å². The lowest BCUT2D eigenvalue weighted by molar-refractivity contribution is 0.102. The smallest absolute Gasteiger partial charge is 0.262 e. The molecule has 0 aliphatic rings. The van der Waals surface area contributed by atoms with Crippen LogP contribution in [0.5, 0.6) is 5.75 Å². The molecule has 3 N–H and O–H groups in total. The van der Waals surface area contributed by atoms with Crippen LogP contribution in [0.1, 0.15) is 30.2 Å². The summed E-state index contributed by atoms with van der Waals surface area (Å²) in [5.74, 6) is 0.746. The molecule has 20 heavy (non-hydrogen) atoms. The Bertz CT molecular complexity index is 619. The molecule has 6 heteroatoms. The lowest BCUT2D eigenvalue weighted by Gasteiger charge is -2.14. The van der Waals surface area contributed by atoms with Crippen LogP contribution in [-0.4, -0.2) is 22.8 Å². The molecule has 1 amide bonds. The van der Waals surface area contributed by atoms with E-state index < -0.39 is 0 Å². The highest BCUT2D eigenvalue weighted by Gasteiger charge is 2.17. The Morgan fingerprint density at radius 2 is 2.15 bits per heavy atom. The van der Waals surface area contributed by atoms with Gasteiger partial charge in [0.2, 0.25) is 0 Å². The first kappa shape index (κ1) is 13.9. The Morgan fingerprint density at radius 3 is 2.80 bits per heavy atom. The van der Waals surface area contributed by atoms with E-state index in [1.807, 2.05) is 13.8 Å². The Balaban J connectivity index is 2.31. The monoisotopic (exact) mass is 274 g/mol. The van der Waals surface area contributed by atoms with Gasteiger partial charge in [-0.25, -0.2) is 4.68 Å². The Hall–Kier alpha value is -2.50. The molecule has 6 nitrogen and oxygen atoms in total. The summed E-state index contributed by atoms with van der Waals surface area (Å²) >= 11 is 0. The van der Waals surface area contributed by atoms with Crippen LogP contribution in [0.4, 0.5) is 11.5 Å². The molecule has 0 aliphatic heterocycles. The highest BCUT2D eigenvalue weighted by atomic mass is 16.5. The third-order valence-electron chi connectivity index (χ3n) is 2.91. The lowest BCUT2D eigenvalue weighted by atomic mass is 10.1. The van der Waals surface area contributed by atoms with Crippen LogP contribution in [0.25, 0.3) is 0 Å². The molecule has 0 saturated heterocycles. The maximum atomic E-state index is 12.4. The number of methoxy groups -OCH3 is 1. The molecular formula is C14H18N4O2. The minimum atomic E-state index is -0.317. The predicted octanol–water partition coefficient (Wildman–Crippen LogP) is 2.31. The number of rotatable bonds is 4. The van der Waals surface area contributed by atoms with Crippen LogP contribution in [0.15, 0.2) is 30.5 Å². The fraction of sp³-hybridized carbons (Fsp3) is 0.286. The van der Waals surface area contributed by atoms with Gasteiger partial charge < -0.3 is 15.8 Å². The lowest BCUT2D eigenvalue weighted by Crippen LogP contribution is -2.18. The Morgan fingerprint density at radius 1 is 1.40 bits per heavy atom. The summed E-state index contributed by atoms with van der Waals surface area (Å²) in [6, 6.07) is 6.99. The number of nitrogens with zero attached hydrogens (tertiary/aromatic N) is 2. The molecule has 106 valence electrons. The second-order valence-corrected chi connectivity index (χ2v) is 4.63. The van der Waals surface area contributed by atoms with Gasteiger partial charge in [-0.1, -0.05) is 6.07 Å². The van der Waals surface area contributed by atoms with Gasteiger partial charge in [-0.2, -0.15) is 5.10 Å². The molecule has 0 fully saturated rings. The van der Waals surface area contributed by atoms with Crippen LogP contribution in [-0.2, 0) is 0 Å². The van der Waals surface area contributed by atoms with Crippen molar-refractivity contribution in [1.29, 1.82) is 0 Å². The molecular weight excluding hydrogens is 256 g/mol. The van der Waals surface area contributed by atoms with Gasteiger partial charge in [0.05, 0.1) is 13.3 Å². The number of amides is 1. The first-order valence-electron chi connectivity index (χ1n) is 6.32. The minimum Gasteiger partial charge on any atom is -0.496 e. The second kappa shape index (κ2) is 5.64. The van der Waals surface area contributed by atoms with Crippen molar-refractivity contribution >= 4 is 17.4 Å². The molecule has 2 aromatic rings. The molecule has 0 spiro atoms. The fourth-order valence-corrected chi connectivity index (χ4v) is 1.96. The minimum absolute atomic E-state index is 0.148. The third kappa shape index (κ3) is 2.59. The zero-order valence-corrected chi connectivity index (χ0v) is 11.8. The van der Waals surface area contributed by atoms with Gasteiger partial charge in [0.1, 0.15) is 17.1 Å². The average molecular weight is 274 g/mol. The average Bonchev–Trinajstić information content (AvgIpc) is 2.86. The molecule has 0 saturated carbocycles. The van der Waals surface area contributed by atoms with Crippen molar-refractivity contribution in [3.63, 3.8) is 0 Å². The van der Waals surface area contributed by atoms with Crippen molar-refractivity contribution in [2.45, 2.75) is 19.9 Å². The molecule has 0 atom stereocenters. The summed E-state index contributed by atoms with van der Waals surface area (Å²) in [4.78, 5) is 12.4. The van der Waals surface area contributed by atoms with Crippen molar-refractivity contribution in [3.8, 4) is 5.75 Å². The van der Waals surface area contributed by atoms with E-state index in [0.29, 0.717) is 22.8 Å². The molecule has 1 aromatic carbocycles. The summed E-state index contributed by atoms with van der Waals surface area (Å²) in [5.41, 5.74) is 6.56. The molecule has 0 radical (unpaired) electrons. The van der Waals surface area contributed by atoms with E-state index in [4.69, 9.17) is 10.5 Å². The third-order valence-corrected chi connectivity index (χ3v) is 2.91. The van der Waals surface area contributed by atoms with E-state index in [1.165, 1.54) is 7.11 Å². The summed E-state index contributed by atoms with van der Waals surface area (Å²) in [6.45, 7) is 3.97. The van der Waals surface area contributed by atoms with Crippen LogP contribution in [0.2, 0.25) is 0 Å². The number of anilines is 2. The number of hydrogen-bond donors (Lipinski definition) is 2. The number of nitrogen functional groups attached to an aromatic ring is 1. The van der Waals surface area contributed by atoms with Gasteiger partial charge in [-0.15, -0.1) is 0 Å². The van der Waals surface area contributed by atoms with Gasteiger partial charge in [0, 0.05) is 17.8 Å². The van der Waals surface area contributed by atoms with Gasteiger partial charge in [-0.05, 0) is 26.0 Å². The van der Waals surface area contributed by atoms with E-state index in [9.17, 15) is 4.79 Å². The van der Waals surface area contributed by atoms with E-state index in [2.05, 4.69) is 10.4 Å².